The van der Waals surface area contributed by atoms with E-state index in [9.17, 15) is 17.6 Å². The molecule has 0 bridgehead atoms. The second kappa shape index (κ2) is 7.34. The summed E-state index contributed by atoms with van der Waals surface area (Å²) in [5, 5.41) is 0.913. The van der Waals surface area contributed by atoms with Gasteiger partial charge in [-0.1, -0.05) is 48.5 Å². The molecule has 8 heteroatoms. The standard InChI is InChI=1S/C24H17F4N3O/c1-14-6-11-19(21-29-12-16-4-2-3-5-18(16)31-21)30-20(14)15-7-9-17(10-8-15)23(32-22(25)26)13-24(23,27)28/h2-12,22H,13H2,1H3. The number of alkyl halides is 4. The Kier molecular flexibility index (Phi) is 4.70. The Balaban J connectivity index is 1.50. The molecule has 1 aliphatic carbocycles. The number of rotatable bonds is 5. The first-order chi connectivity index (χ1) is 15.3. The van der Waals surface area contributed by atoms with Crippen LogP contribution >= 0.6 is 0 Å². The molecule has 4 aromatic rings. The number of pyridine rings is 1. The summed E-state index contributed by atoms with van der Waals surface area (Å²) in [5.41, 5.74) is 1.23. The van der Waals surface area contributed by atoms with Crippen LogP contribution in [0.15, 0.2) is 66.9 Å². The van der Waals surface area contributed by atoms with Crippen LogP contribution in [0.25, 0.3) is 33.7 Å². The highest BCUT2D eigenvalue weighted by atomic mass is 19.3. The lowest BCUT2D eigenvalue weighted by atomic mass is 10.0. The predicted octanol–water partition coefficient (Wildman–Crippen LogP) is 6.14. The van der Waals surface area contributed by atoms with Gasteiger partial charge in [-0.3, -0.25) is 0 Å². The van der Waals surface area contributed by atoms with Gasteiger partial charge in [0.2, 0.25) is 0 Å². The molecule has 1 fully saturated rings. The zero-order chi connectivity index (χ0) is 22.5. The van der Waals surface area contributed by atoms with E-state index in [4.69, 9.17) is 0 Å². The molecule has 1 atom stereocenters. The summed E-state index contributed by atoms with van der Waals surface area (Å²) in [4.78, 5) is 13.6. The fraction of sp³-hybridized carbons (Fsp3) is 0.208. The summed E-state index contributed by atoms with van der Waals surface area (Å²) in [7, 11) is 0. The van der Waals surface area contributed by atoms with E-state index in [1.807, 2.05) is 43.3 Å². The first-order valence-corrected chi connectivity index (χ1v) is 9.94. The predicted molar refractivity (Wildman–Crippen MR) is 111 cm³/mol. The number of aromatic nitrogens is 3. The van der Waals surface area contributed by atoms with E-state index >= 15 is 0 Å². The van der Waals surface area contributed by atoms with E-state index < -0.39 is 24.6 Å². The normalized spacial score (nSPS) is 19.4. The Hall–Kier alpha value is -3.39. The summed E-state index contributed by atoms with van der Waals surface area (Å²) in [5.74, 6) is -2.87. The molecule has 0 amide bonds. The van der Waals surface area contributed by atoms with Gasteiger partial charge in [0.1, 0.15) is 5.69 Å². The summed E-state index contributed by atoms with van der Waals surface area (Å²) < 4.78 is 57.5. The molecule has 0 spiro atoms. The van der Waals surface area contributed by atoms with Gasteiger partial charge in [-0.15, -0.1) is 0 Å². The van der Waals surface area contributed by atoms with Gasteiger partial charge >= 0.3 is 6.61 Å². The molecule has 2 aromatic carbocycles. The molecule has 1 aliphatic rings. The van der Waals surface area contributed by atoms with Crippen LogP contribution in [0.1, 0.15) is 17.5 Å². The SMILES string of the molecule is Cc1ccc(-c2ncc3ccccc3n2)nc1-c1ccc(C2(OC(F)F)CC2(F)F)cc1. The van der Waals surface area contributed by atoms with Crippen LogP contribution in [0.4, 0.5) is 17.6 Å². The van der Waals surface area contributed by atoms with Gasteiger partial charge in [0.15, 0.2) is 11.4 Å². The molecule has 2 heterocycles. The quantitative estimate of drug-likeness (QED) is 0.351. The fourth-order valence-corrected chi connectivity index (χ4v) is 3.87. The molecule has 4 nitrogen and oxygen atoms in total. The van der Waals surface area contributed by atoms with Crippen LogP contribution in [-0.2, 0) is 10.3 Å². The summed E-state index contributed by atoms with van der Waals surface area (Å²) in [6.45, 7) is -1.41. The average molecular weight is 439 g/mol. The highest BCUT2D eigenvalue weighted by Gasteiger charge is 2.74. The largest absolute Gasteiger partial charge is 0.346 e. The Bertz CT molecular complexity index is 1310. The first kappa shape index (κ1) is 20.5. The van der Waals surface area contributed by atoms with Crippen molar-refractivity contribution in [3.05, 3.63) is 78.0 Å². The van der Waals surface area contributed by atoms with Crippen LogP contribution in [0.2, 0.25) is 0 Å². The first-order valence-electron chi connectivity index (χ1n) is 9.94. The van der Waals surface area contributed by atoms with Crippen molar-refractivity contribution >= 4 is 10.9 Å². The lowest BCUT2D eigenvalue weighted by Gasteiger charge is -2.18. The zero-order valence-electron chi connectivity index (χ0n) is 16.9. The average Bonchev–Trinajstić information content (AvgIpc) is 3.34. The van der Waals surface area contributed by atoms with Crippen molar-refractivity contribution < 1.29 is 22.3 Å². The lowest BCUT2D eigenvalue weighted by Crippen LogP contribution is -2.23. The van der Waals surface area contributed by atoms with Crippen molar-refractivity contribution in [2.45, 2.75) is 31.5 Å². The molecular formula is C24H17F4N3O. The molecule has 0 aliphatic heterocycles. The number of hydrogen-bond acceptors (Lipinski definition) is 4. The maximum atomic E-state index is 13.9. The molecule has 1 saturated carbocycles. The van der Waals surface area contributed by atoms with E-state index in [1.165, 1.54) is 12.1 Å². The van der Waals surface area contributed by atoms with Gasteiger partial charge in [-0.25, -0.2) is 23.7 Å². The van der Waals surface area contributed by atoms with E-state index in [0.717, 1.165) is 16.5 Å². The van der Waals surface area contributed by atoms with Crippen molar-refractivity contribution in [3.63, 3.8) is 0 Å². The number of halogens is 4. The van der Waals surface area contributed by atoms with E-state index in [-0.39, 0.29) is 5.56 Å². The molecule has 162 valence electrons. The molecular weight excluding hydrogens is 422 g/mol. The van der Waals surface area contributed by atoms with Crippen molar-refractivity contribution in [2.24, 2.45) is 0 Å². The number of aryl methyl sites for hydroxylation is 1. The van der Waals surface area contributed by atoms with Crippen LogP contribution in [0, 0.1) is 6.92 Å². The number of benzene rings is 2. The van der Waals surface area contributed by atoms with E-state index in [0.29, 0.717) is 22.8 Å². The Morgan fingerprint density at radius 2 is 1.66 bits per heavy atom. The third-order valence-corrected chi connectivity index (χ3v) is 5.67. The van der Waals surface area contributed by atoms with Gasteiger partial charge in [0.05, 0.1) is 17.6 Å². The van der Waals surface area contributed by atoms with Gasteiger partial charge < -0.3 is 4.74 Å². The Morgan fingerprint density at radius 1 is 0.938 bits per heavy atom. The third kappa shape index (κ3) is 3.40. The lowest BCUT2D eigenvalue weighted by molar-refractivity contribution is -0.202. The molecule has 2 aromatic heterocycles. The number of fused-ring (bicyclic) bond motifs is 1. The molecule has 0 radical (unpaired) electrons. The molecule has 1 unspecified atom stereocenters. The number of ether oxygens (including phenoxy) is 1. The molecule has 0 N–H and O–H groups in total. The fourth-order valence-electron chi connectivity index (χ4n) is 3.87. The highest BCUT2D eigenvalue weighted by Crippen LogP contribution is 2.63. The second-order valence-electron chi connectivity index (χ2n) is 7.78. The minimum absolute atomic E-state index is 0.0122. The minimum atomic E-state index is -3.33. The summed E-state index contributed by atoms with van der Waals surface area (Å²) in [6, 6.07) is 17.2. The van der Waals surface area contributed by atoms with Gasteiger partial charge in [-0.05, 0) is 30.2 Å². The Morgan fingerprint density at radius 3 is 2.34 bits per heavy atom. The van der Waals surface area contributed by atoms with Crippen LogP contribution in [-0.4, -0.2) is 27.5 Å². The monoisotopic (exact) mass is 439 g/mol. The smallest absolute Gasteiger partial charge is 0.305 e. The maximum absolute atomic E-state index is 13.9. The summed E-state index contributed by atoms with van der Waals surface area (Å²) in [6.07, 6.45) is 0.960. The molecule has 32 heavy (non-hydrogen) atoms. The van der Waals surface area contributed by atoms with Gasteiger partial charge in [0.25, 0.3) is 5.92 Å². The van der Waals surface area contributed by atoms with Crippen LogP contribution in [0.5, 0.6) is 0 Å². The highest BCUT2D eigenvalue weighted by molar-refractivity contribution is 5.79. The van der Waals surface area contributed by atoms with Gasteiger partial charge in [0, 0.05) is 17.1 Å². The zero-order valence-corrected chi connectivity index (χ0v) is 16.9. The van der Waals surface area contributed by atoms with E-state index in [1.54, 1.807) is 18.3 Å². The number of para-hydroxylation sites is 1. The van der Waals surface area contributed by atoms with Crippen molar-refractivity contribution in [1.29, 1.82) is 0 Å². The van der Waals surface area contributed by atoms with Crippen molar-refractivity contribution in [2.75, 3.05) is 0 Å². The van der Waals surface area contributed by atoms with Crippen molar-refractivity contribution in [3.8, 4) is 22.8 Å². The summed E-state index contributed by atoms with van der Waals surface area (Å²) >= 11 is 0. The van der Waals surface area contributed by atoms with Crippen LogP contribution in [0.3, 0.4) is 0 Å². The number of hydrogen-bond donors (Lipinski definition) is 0. The topological polar surface area (TPSA) is 47.9 Å². The van der Waals surface area contributed by atoms with Gasteiger partial charge in [-0.2, -0.15) is 8.78 Å². The third-order valence-electron chi connectivity index (χ3n) is 5.67. The molecule has 0 saturated heterocycles. The minimum Gasteiger partial charge on any atom is -0.305 e. The van der Waals surface area contributed by atoms with Crippen molar-refractivity contribution in [1.82, 2.24) is 15.0 Å². The Labute approximate surface area is 180 Å². The second-order valence-corrected chi connectivity index (χ2v) is 7.78. The molecule has 5 rings (SSSR count). The van der Waals surface area contributed by atoms with E-state index in [2.05, 4.69) is 19.7 Å². The maximum Gasteiger partial charge on any atom is 0.346 e. The number of nitrogens with zero attached hydrogens (tertiary/aromatic N) is 3. The van der Waals surface area contributed by atoms with Crippen LogP contribution < -0.4 is 0 Å².